The first-order valence-electron chi connectivity index (χ1n) is 17.3. The van der Waals surface area contributed by atoms with Crippen LogP contribution in [0.4, 0.5) is 0 Å². The van der Waals surface area contributed by atoms with Crippen molar-refractivity contribution >= 4 is 86.4 Å². The predicted molar refractivity (Wildman–Crippen MR) is 183 cm³/mol. The van der Waals surface area contributed by atoms with E-state index in [1.807, 2.05) is 0 Å². The maximum atomic E-state index is 11.0. The summed E-state index contributed by atoms with van der Waals surface area (Å²) in [5, 5.41) is 52.9. The molecule has 8 aromatic carbocycles. The van der Waals surface area contributed by atoms with Crippen molar-refractivity contribution in [3.05, 3.63) is 69.8 Å². The Morgan fingerprint density at radius 3 is 1.74 bits per heavy atom. The van der Waals surface area contributed by atoms with Crippen LogP contribution in [-0.4, -0.2) is 56.7 Å². The number of aryl methyl sites for hydroxylation is 2. The molecule has 47 heavy (non-hydrogen) atoms. The number of aromatic nitrogens is 1. The second-order valence-corrected chi connectivity index (χ2v) is 15.6. The van der Waals surface area contributed by atoms with Gasteiger partial charge in [-0.05, 0) is 119 Å². The normalized spacial score (nSPS) is 27.6. The topological polar surface area (TPSA) is 84.1 Å². The van der Waals surface area contributed by atoms with E-state index in [2.05, 4.69) is 41.0 Å². The van der Waals surface area contributed by atoms with Gasteiger partial charge in [-0.3, -0.25) is 0 Å². The highest BCUT2D eigenvalue weighted by atomic mass is 16.7. The lowest BCUT2D eigenvalue weighted by atomic mass is 9.74. The van der Waals surface area contributed by atoms with Crippen LogP contribution in [0.25, 0.3) is 86.4 Å². The summed E-state index contributed by atoms with van der Waals surface area (Å²) < 4.78 is 15.0. The van der Waals surface area contributed by atoms with Gasteiger partial charge in [0.2, 0.25) is 0 Å². The molecule has 6 heteroatoms. The number of hydrogen-bond donors (Lipinski definition) is 3. The lowest BCUT2D eigenvalue weighted by molar-refractivity contribution is -0.390. The summed E-state index contributed by atoms with van der Waals surface area (Å²) in [7, 11) is 0. The van der Waals surface area contributed by atoms with Crippen LogP contribution in [0, 0.1) is 0 Å². The van der Waals surface area contributed by atoms with E-state index in [1.165, 1.54) is 120 Å². The average Bonchev–Trinajstić information content (AvgIpc) is 3.72. The van der Waals surface area contributed by atoms with E-state index in [9.17, 15) is 15.3 Å². The van der Waals surface area contributed by atoms with Crippen LogP contribution in [-0.2, 0) is 41.7 Å². The molecule has 3 N–H and O–H groups in total. The van der Waals surface area contributed by atoms with Gasteiger partial charge in [0.05, 0.1) is 24.2 Å². The molecule has 3 aliphatic carbocycles. The van der Waals surface area contributed by atoms with E-state index in [-0.39, 0.29) is 6.61 Å². The lowest BCUT2D eigenvalue weighted by Gasteiger charge is -2.55. The van der Waals surface area contributed by atoms with Gasteiger partial charge in [-0.1, -0.05) is 36.4 Å². The fourth-order valence-corrected chi connectivity index (χ4v) is 11.8. The molecule has 0 amide bonds. The number of rotatable bonds is 4. The molecule has 3 aliphatic heterocycles. The fourth-order valence-electron chi connectivity index (χ4n) is 11.8. The second kappa shape index (κ2) is 7.05. The molecule has 6 aliphatic rings. The van der Waals surface area contributed by atoms with Crippen molar-refractivity contribution in [2.45, 2.75) is 68.7 Å². The van der Waals surface area contributed by atoms with Gasteiger partial charge in [-0.25, -0.2) is 0 Å². The molecule has 3 fully saturated rings. The number of ether oxygens (including phenoxy) is 2. The fraction of sp³-hybridized carbons (Fsp3) is 0.317. The van der Waals surface area contributed by atoms with Crippen LogP contribution in [0.5, 0.6) is 0 Å². The van der Waals surface area contributed by atoms with Gasteiger partial charge in [-0.15, -0.1) is 0 Å². The summed E-state index contributed by atoms with van der Waals surface area (Å²) in [5.41, 5.74) is 9.97. The largest absolute Gasteiger partial charge is 0.387 e. The Labute approximate surface area is 267 Å². The average molecular weight is 616 g/mol. The van der Waals surface area contributed by atoms with E-state index in [4.69, 9.17) is 9.47 Å². The number of pyridine rings is 1. The van der Waals surface area contributed by atoms with E-state index in [0.717, 1.165) is 25.7 Å². The Hall–Kier alpha value is -4.04. The van der Waals surface area contributed by atoms with Crippen LogP contribution in [0.15, 0.2) is 36.4 Å². The van der Waals surface area contributed by atoms with Crippen LogP contribution in [0.1, 0.15) is 46.2 Å². The van der Waals surface area contributed by atoms with E-state index in [1.54, 1.807) is 0 Å². The molecule has 15 rings (SSSR count). The molecule has 2 saturated heterocycles. The zero-order valence-corrected chi connectivity index (χ0v) is 25.6. The SMILES string of the molecule is OC1C(O)C2(OCCn3c4c5cc6c7c8c(cc9ccc%10cc%11c%12c%13c(cc(c3c%13c(c3c8c9c%10c%123)c74)CC5)C%11)C6)CCC1(O)CO2. The number of aliphatic hydroxyl groups excluding tert-OH is 2. The summed E-state index contributed by atoms with van der Waals surface area (Å²) in [6.45, 7) is 0.906. The minimum atomic E-state index is -1.41. The zero-order valence-electron chi connectivity index (χ0n) is 25.6. The Morgan fingerprint density at radius 1 is 0.638 bits per heavy atom. The van der Waals surface area contributed by atoms with Crippen LogP contribution in [0.2, 0.25) is 0 Å². The summed E-state index contributed by atoms with van der Waals surface area (Å²) in [6, 6.07) is 14.7. The number of aliphatic hydroxyl groups is 3. The third-order valence-electron chi connectivity index (χ3n) is 13.6. The van der Waals surface area contributed by atoms with Gasteiger partial charge >= 0.3 is 0 Å². The molecule has 6 nitrogen and oxygen atoms in total. The number of nitrogens with zero attached hydrogens (tertiary/aromatic N) is 1. The van der Waals surface area contributed by atoms with Gasteiger partial charge in [0.1, 0.15) is 17.8 Å². The van der Waals surface area contributed by atoms with Crippen molar-refractivity contribution in [1.29, 1.82) is 0 Å². The molecule has 0 radical (unpaired) electrons. The van der Waals surface area contributed by atoms with Crippen molar-refractivity contribution in [1.82, 2.24) is 4.57 Å². The molecule has 1 saturated carbocycles. The highest BCUT2D eigenvalue weighted by molar-refractivity contribution is 6.55. The first-order valence-corrected chi connectivity index (χ1v) is 17.3. The first kappa shape index (κ1) is 24.2. The summed E-state index contributed by atoms with van der Waals surface area (Å²) in [5.74, 6) is -1.30. The van der Waals surface area contributed by atoms with E-state index < -0.39 is 23.6 Å². The smallest absolute Gasteiger partial charge is 0.197 e. The minimum Gasteiger partial charge on any atom is -0.387 e. The van der Waals surface area contributed by atoms with E-state index in [0.29, 0.717) is 26.0 Å². The zero-order chi connectivity index (χ0) is 30.5. The van der Waals surface area contributed by atoms with Gasteiger partial charge in [0.25, 0.3) is 0 Å². The predicted octanol–water partition coefficient (Wildman–Crippen LogP) is 6.36. The second-order valence-electron chi connectivity index (χ2n) is 15.6. The molecule has 4 unspecified atom stereocenters. The Balaban J connectivity index is 1.13. The highest BCUT2D eigenvalue weighted by Gasteiger charge is 2.61. The minimum absolute atomic E-state index is 0.0312. The molecule has 9 aromatic rings. The third kappa shape index (κ3) is 2.29. The van der Waals surface area contributed by atoms with Gasteiger partial charge in [0, 0.05) is 34.5 Å². The Morgan fingerprint density at radius 2 is 1.17 bits per heavy atom. The molecule has 4 bridgehead atoms. The van der Waals surface area contributed by atoms with Gasteiger partial charge in [-0.2, -0.15) is 0 Å². The quantitative estimate of drug-likeness (QED) is 0.159. The third-order valence-corrected chi connectivity index (χ3v) is 13.6. The molecule has 4 heterocycles. The molecular formula is C41H29NO5. The van der Waals surface area contributed by atoms with Crippen LogP contribution >= 0.6 is 0 Å². The van der Waals surface area contributed by atoms with Crippen molar-refractivity contribution in [2.75, 3.05) is 13.2 Å². The summed E-state index contributed by atoms with van der Waals surface area (Å²) >= 11 is 0. The molecular weight excluding hydrogens is 586 g/mol. The Bertz CT molecular complexity index is 2770. The first-order chi connectivity index (χ1) is 22.9. The summed E-state index contributed by atoms with van der Waals surface area (Å²) in [6.07, 6.45) is 2.10. The van der Waals surface area contributed by atoms with Crippen LogP contribution in [0.3, 0.4) is 0 Å². The highest BCUT2D eigenvalue weighted by Crippen LogP contribution is 2.61. The molecule has 4 atom stereocenters. The monoisotopic (exact) mass is 615 g/mol. The molecule has 0 spiro atoms. The number of benzene rings is 7. The standard InChI is InChI=1S/C41H29NO5/c43-38-39(44)41(6-5-40(38,45)15-47-41)46-8-7-42-36-18-3-4-19-12-23-14-21-10-17-2-1-16-9-20-13-22(11-18)28-26(20)30-24(16)25(17)31-27(21)29(23)35(37(19)42)33(32(30)31)34(28)36/h1-2,9-12,38-39,43-45H,3-8,13-15H2. The Kier molecular flexibility index (Phi) is 3.62. The van der Waals surface area contributed by atoms with Gasteiger partial charge < -0.3 is 29.4 Å². The van der Waals surface area contributed by atoms with Crippen molar-refractivity contribution in [2.24, 2.45) is 0 Å². The van der Waals surface area contributed by atoms with Crippen LogP contribution < -0.4 is 0 Å². The maximum Gasteiger partial charge on any atom is 0.197 e. The van der Waals surface area contributed by atoms with E-state index >= 15 is 0 Å². The van der Waals surface area contributed by atoms with Crippen molar-refractivity contribution in [3.8, 4) is 0 Å². The van der Waals surface area contributed by atoms with Crippen molar-refractivity contribution in [3.63, 3.8) is 0 Å². The lowest BCUT2D eigenvalue weighted by Crippen LogP contribution is -2.72. The number of fused-ring (bicyclic) bond motifs is 3. The molecule has 228 valence electrons. The number of hydrogen-bond acceptors (Lipinski definition) is 5. The van der Waals surface area contributed by atoms with Crippen molar-refractivity contribution < 1.29 is 24.8 Å². The summed E-state index contributed by atoms with van der Waals surface area (Å²) in [4.78, 5) is 0. The maximum absolute atomic E-state index is 11.0. The molecule has 1 aromatic heterocycles. The van der Waals surface area contributed by atoms with Gasteiger partial charge in [0.15, 0.2) is 5.79 Å².